The molecule has 0 aliphatic rings. The van der Waals surface area contributed by atoms with Gasteiger partial charge in [-0.1, -0.05) is 20.8 Å². The third kappa shape index (κ3) is 11.9. The Morgan fingerprint density at radius 3 is 1.48 bits per heavy atom. The number of rotatable bonds is 14. The van der Waals surface area contributed by atoms with Gasteiger partial charge in [0.05, 0.1) is 0 Å². The van der Waals surface area contributed by atoms with Gasteiger partial charge in [0.2, 0.25) is 0 Å². The summed E-state index contributed by atoms with van der Waals surface area (Å²) in [6.45, 7) is 27.4. The van der Waals surface area contributed by atoms with Gasteiger partial charge in [0.15, 0.2) is 54.2 Å². The smallest absolute Gasteiger partial charge is 0.334 e. The number of carbonyl (C=O) groups excluding carboxylic acids is 1. The summed E-state index contributed by atoms with van der Waals surface area (Å²) in [7, 11) is -9.53. The Bertz CT molecular complexity index is 689. The molecular formula is C20H48O7Si6. The number of aliphatic carboxylic acids is 1. The standard InChI is InChI=1S/C20H48O7Si6/c1-15(2)19(4,28-25-31(5,6)7)20(29-26-32(8,9)10,30-27-33(11,12)13)24-18(23)16(3)14-17(21)22/h14-15H,28-30H2,1-13H3,(H,21,22). The van der Waals surface area contributed by atoms with E-state index in [0.29, 0.717) is 0 Å². The Labute approximate surface area is 211 Å². The highest BCUT2D eigenvalue weighted by Gasteiger charge is 2.56. The van der Waals surface area contributed by atoms with Crippen molar-refractivity contribution in [3.63, 3.8) is 0 Å². The molecule has 13 heteroatoms. The zero-order chi connectivity index (χ0) is 26.5. The lowest BCUT2D eigenvalue weighted by Crippen LogP contribution is -2.63. The number of carbonyl (C=O) groups is 2. The summed E-state index contributed by atoms with van der Waals surface area (Å²) in [5, 5.41) is 8.77. The maximum atomic E-state index is 13.2. The van der Waals surface area contributed by atoms with Crippen molar-refractivity contribution in [1.29, 1.82) is 0 Å². The lowest BCUT2D eigenvalue weighted by molar-refractivity contribution is -0.147. The van der Waals surface area contributed by atoms with Crippen LogP contribution >= 0.6 is 0 Å². The summed E-state index contributed by atoms with van der Waals surface area (Å²) in [4.78, 5) is 23.6. The van der Waals surface area contributed by atoms with Gasteiger partial charge in [-0.15, -0.1) is 0 Å². The minimum atomic E-state index is -1.90. The number of hydrogen-bond acceptors (Lipinski definition) is 6. The van der Waals surface area contributed by atoms with Crippen LogP contribution < -0.4 is 0 Å². The Kier molecular flexibility index (Phi) is 12.2. The molecular weight excluding hydrogens is 521 g/mol. The van der Waals surface area contributed by atoms with Crippen molar-refractivity contribution in [2.45, 2.75) is 96.5 Å². The molecule has 33 heavy (non-hydrogen) atoms. The first kappa shape index (κ1) is 32.9. The molecule has 0 saturated heterocycles. The Balaban J connectivity index is 6.73. The molecule has 0 aromatic heterocycles. The van der Waals surface area contributed by atoms with Gasteiger partial charge in [0.1, 0.15) is 4.85 Å². The molecule has 0 saturated carbocycles. The summed E-state index contributed by atoms with van der Waals surface area (Å²) in [6, 6.07) is 0. The van der Waals surface area contributed by atoms with E-state index in [0.717, 1.165) is 6.08 Å². The molecule has 0 fully saturated rings. The van der Waals surface area contributed by atoms with E-state index in [1.165, 1.54) is 6.92 Å². The normalized spacial score (nSPS) is 18.5. The van der Waals surface area contributed by atoms with E-state index in [1.54, 1.807) is 0 Å². The monoisotopic (exact) mass is 568 g/mol. The van der Waals surface area contributed by atoms with Crippen LogP contribution in [-0.4, -0.2) is 76.1 Å². The molecule has 0 radical (unpaired) electrons. The van der Waals surface area contributed by atoms with Crippen LogP contribution in [0.3, 0.4) is 0 Å². The van der Waals surface area contributed by atoms with Crippen LogP contribution in [0.15, 0.2) is 11.6 Å². The molecule has 0 aliphatic heterocycles. The molecule has 0 bridgehead atoms. The minimum absolute atomic E-state index is 0.0785. The molecule has 0 spiro atoms. The van der Waals surface area contributed by atoms with Crippen LogP contribution in [0, 0.1) is 5.92 Å². The fourth-order valence-electron chi connectivity index (χ4n) is 2.91. The Hall–Kier alpha value is -0.139. The summed E-state index contributed by atoms with van der Waals surface area (Å²) in [6.07, 6.45) is 0.914. The maximum absolute atomic E-state index is 13.2. The van der Waals surface area contributed by atoms with Gasteiger partial charge in [0, 0.05) is 16.7 Å². The highest BCUT2D eigenvalue weighted by molar-refractivity contribution is 6.80. The number of hydrogen-bond donors (Lipinski definition) is 1. The fourth-order valence-corrected chi connectivity index (χ4v) is 17.1. The number of esters is 1. The Morgan fingerprint density at radius 1 is 0.818 bits per heavy atom. The highest BCUT2D eigenvalue weighted by atomic mass is 28.4. The van der Waals surface area contributed by atoms with Gasteiger partial charge in [0.25, 0.3) is 0 Å². The Morgan fingerprint density at radius 2 is 1.18 bits per heavy atom. The van der Waals surface area contributed by atoms with Crippen LogP contribution in [-0.2, 0) is 26.7 Å². The molecule has 7 nitrogen and oxygen atoms in total. The number of carboxylic acid groups (broad SMARTS) is 1. The zero-order valence-corrected chi connectivity index (χ0v) is 30.4. The van der Waals surface area contributed by atoms with Crippen molar-refractivity contribution in [2.75, 3.05) is 0 Å². The molecule has 0 rings (SSSR count). The second-order valence-electron chi connectivity index (χ2n) is 12.3. The van der Waals surface area contributed by atoms with Crippen LogP contribution in [0.25, 0.3) is 0 Å². The molecule has 1 atom stereocenters. The maximum Gasteiger partial charge on any atom is 0.334 e. The second kappa shape index (κ2) is 12.2. The summed E-state index contributed by atoms with van der Waals surface area (Å²) in [5.74, 6) is -1.57. The van der Waals surface area contributed by atoms with Crippen LogP contribution in [0.4, 0.5) is 0 Å². The average molecular weight is 569 g/mol. The van der Waals surface area contributed by atoms with E-state index < -0.39 is 71.0 Å². The van der Waals surface area contributed by atoms with E-state index >= 15 is 0 Å². The molecule has 0 aliphatic carbocycles. The predicted octanol–water partition coefficient (Wildman–Crippen LogP) is 2.85. The average Bonchev–Trinajstić information content (AvgIpc) is 2.59. The zero-order valence-electron chi connectivity index (χ0n) is 23.2. The summed E-state index contributed by atoms with van der Waals surface area (Å²) in [5.41, 5.74) is 0.0785. The summed E-state index contributed by atoms with van der Waals surface area (Å²) >= 11 is 0. The predicted molar refractivity (Wildman–Crippen MR) is 152 cm³/mol. The van der Waals surface area contributed by atoms with Crippen molar-refractivity contribution in [3.05, 3.63) is 11.6 Å². The fraction of sp³-hybridized carbons (Fsp3) is 0.800. The first-order chi connectivity index (χ1) is 14.5. The van der Waals surface area contributed by atoms with E-state index in [4.69, 9.17) is 22.2 Å². The first-order valence-electron chi connectivity index (χ1n) is 11.6. The van der Waals surface area contributed by atoms with Gasteiger partial charge in [-0.25, -0.2) is 9.59 Å². The van der Waals surface area contributed by atoms with Gasteiger partial charge in [-0.05, 0) is 71.8 Å². The van der Waals surface area contributed by atoms with Crippen LogP contribution in [0.1, 0.15) is 27.7 Å². The largest absolute Gasteiger partial charge is 0.478 e. The molecule has 0 amide bonds. The van der Waals surface area contributed by atoms with Gasteiger partial charge in [-0.2, -0.15) is 0 Å². The molecule has 0 heterocycles. The van der Waals surface area contributed by atoms with Gasteiger partial charge < -0.3 is 22.2 Å². The van der Waals surface area contributed by atoms with Gasteiger partial charge >= 0.3 is 11.9 Å². The van der Waals surface area contributed by atoms with Crippen molar-refractivity contribution in [2.24, 2.45) is 5.92 Å². The molecule has 194 valence electrons. The SMILES string of the molecule is CC(=CC(=O)O)C(=O)OC([SiH2]O[Si](C)(C)C)([SiH2]O[Si](C)(C)C)C(C)([SiH2]O[Si](C)(C)C)C(C)C. The van der Waals surface area contributed by atoms with Crippen molar-refractivity contribution < 1.29 is 31.8 Å². The van der Waals surface area contributed by atoms with Crippen molar-refractivity contribution in [3.8, 4) is 0 Å². The van der Waals surface area contributed by atoms with E-state index in [2.05, 4.69) is 79.7 Å². The third-order valence-electron chi connectivity index (χ3n) is 5.55. The number of ether oxygens (including phenoxy) is 1. The van der Waals surface area contributed by atoms with E-state index in [1.807, 2.05) is 0 Å². The quantitative estimate of drug-likeness (QED) is 0.196. The van der Waals surface area contributed by atoms with Crippen molar-refractivity contribution in [1.82, 2.24) is 0 Å². The highest BCUT2D eigenvalue weighted by Crippen LogP contribution is 2.48. The second-order valence-corrected chi connectivity index (χ2v) is 34.1. The minimum Gasteiger partial charge on any atom is -0.478 e. The lowest BCUT2D eigenvalue weighted by atomic mass is 9.96. The number of carboxylic acids is 1. The third-order valence-corrected chi connectivity index (χ3v) is 24.8. The lowest BCUT2D eigenvalue weighted by Gasteiger charge is -2.51. The van der Waals surface area contributed by atoms with Crippen molar-refractivity contribution >= 4 is 66.2 Å². The van der Waals surface area contributed by atoms with Gasteiger partial charge in [-0.3, -0.25) is 0 Å². The molecule has 1 unspecified atom stereocenters. The van der Waals surface area contributed by atoms with E-state index in [9.17, 15) is 9.59 Å². The summed E-state index contributed by atoms with van der Waals surface area (Å²) < 4.78 is 26.1. The topological polar surface area (TPSA) is 91.3 Å². The van der Waals surface area contributed by atoms with Crippen LogP contribution in [0.2, 0.25) is 64.0 Å². The molecule has 0 aromatic carbocycles. The molecule has 0 aromatic rings. The molecule has 1 N–H and O–H groups in total. The van der Waals surface area contributed by atoms with Crippen LogP contribution in [0.5, 0.6) is 0 Å². The van der Waals surface area contributed by atoms with E-state index in [-0.39, 0.29) is 16.5 Å². The first-order valence-corrected chi connectivity index (χ1v) is 25.7.